The van der Waals surface area contributed by atoms with Gasteiger partial charge in [0.25, 0.3) is 0 Å². The zero-order valence-corrected chi connectivity index (χ0v) is 15.2. The fraction of sp³-hybridized carbons (Fsp3) is 0.421. The highest BCUT2D eigenvalue weighted by Gasteiger charge is 2.29. The maximum absolute atomic E-state index is 6.04. The predicted molar refractivity (Wildman–Crippen MR) is 97.0 cm³/mol. The highest BCUT2D eigenvalue weighted by Crippen LogP contribution is 2.24. The Hall–Kier alpha value is -2.51. The van der Waals surface area contributed by atoms with E-state index in [-0.39, 0.29) is 0 Å². The van der Waals surface area contributed by atoms with Crippen LogP contribution in [0.1, 0.15) is 22.5 Å². The first-order valence-corrected chi connectivity index (χ1v) is 8.86. The number of imidazole rings is 1. The Morgan fingerprint density at radius 2 is 2.04 bits per heavy atom. The second kappa shape index (κ2) is 7.39. The molecule has 26 heavy (non-hydrogen) atoms. The van der Waals surface area contributed by atoms with Crippen molar-refractivity contribution >= 4 is 0 Å². The van der Waals surface area contributed by atoms with E-state index >= 15 is 0 Å². The molecule has 7 heteroatoms. The molecule has 0 bridgehead atoms. The summed E-state index contributed by atoms with van der Waals surface area (Å²) in [6, 6.07) is 4.31. The van der Waals surface area contributed by atoms with E-state index in [1.54, 1.807) is 12.4 Å². The first-order chi connectivity index (χ1) is 12.7. The average Bonchev–Trinajstić information content (AvgIpc) is 3.22. The Morgan fingerprint density at radius 1 is 1.19 bits per heavy atom. The van der Waals surface area contributed by atoms with Gasteiger partial charge in [-0.3, -0.25) is 14.6 Å². The number of nitrogens with zero attached hydrogens (tertiary/aromatic N) is 6. The van der Waals surface area contributed by atoms with E-state index in [1.807, 2.05) is 36.4 Å². The van der Waals surface area contributed by atoms with Gasteiger partial charge in [-0.2, -0.15) is 5.10 Å². The summed E-state index contributed by atoms with van der Waals surface area (Å²) in [6.45, 7) is 2.99. The molecule has 0 amide bonds. The van der Waals surface area contributed by atoms with Crippen LogP contribution in [-0.4, -0.2) is 41.9 Å². The van der Waals surface area contributed by atoms with Crippen molar-refractivity contribution in [1.29, 1.82) is 0 Å². The van der Waals surface area contributed by atoms with Gasteiger partial charge < -0.3 is 9.30 Å². The molecule has 0 saturated carbocycles. The molecule has 0 saturated heterocycles. The molecule has 0 radical (unpaired) electrons. The van der Waals surface area contributed by atoms with Gasteiger partial charge in [-0.15, -0.1) is 0 Å². The summed E-state index contributed by atoms with van der Waals surface area (Å²) >= 11 is 0. The van der Waals surface area contributed by atoms with Crippen molar-refractivity contribution in [2.45, 2.75) is 32.2 Å². The molecule has 1 aliphatic rings. The van der Waals surface area contributed by atoms with Crippen molar-refractivity contribution in [3.8, 4) is 0 Å². The molecule has 0 aliphatic carbocycles. The molecule has 4 rings (SSSR count). The maximum atomic E-state index is 6.04. The van der Waals surface area contributed by atoms with Crippen molar-refractivity contribution in [3.05, 3.63) is 65.8 Å². The van der Waals surface area contributed by atoms with Crippen LogP contribution in [0.2, 0.25) is 0 Å². The van der Waals surface area contributed by atoms with Crippen LogP contribution in [0, 0.1) is 0 Å². The van der Waals surface area contributed by atoms with E-state index in [0.717, 1.165) is 25.1 Å². The lowest BCUT2D eigenvalue weighted by molar-refractivity contribution is 0.0360. The molecule has 0 spiro atoms. The number of hydrogen-bond acceptors (Lipinski definition) is 5. The molecular weight excluding hydrogens is 328 g/mol. The fourth-order valence-corrected chi connectivity index (χ4v) is 3.50. The summed E-state index contributed by atoms with van der Waals surface area (Å²) in [7, 11) is 4.02. The van der Waals surface area contributed by atoms with Gasteiger partial charge in [0.2, 0.25) is 0 Å². The molecule has 1 aliphatic heterocycles. The minimum Gasteiger partial charge on any atom is -0.375 e. The van der Waals surface area contributed by atoms with Gasteiger partial charge >= 0.3 is 0 Å². The van der Waals surface area contributed by atoms with E-state index in [4.69, 9.17) is 4.74 Å². The summed E-state index contributed by atoms with van der Waals surface area (Å²) in [5, 5.41) is 4.29. The number of ether oxygens (including phenoxy) is 1. The van der Waals surface area contributed by atoms with Crippen LogP contribution in [0.25, 0.3) is 0 Å². The van der Waals surface area contributed by atoms with Crippen molar-refractivity contribution < 1.29 is 4.74 Å². The standard InChI is InChI=1S/C19H24N6O/c1-23-14-21-18-11-25(10-16-8-22-24(2)9-16)17(7-19(18)23)13-26-12-15-3-5-20-6-4-15/h3-6,8-9,14,17H,7,10-13H2,1-2H3/t17-/m1/s1. The molecule has 3 aromatic rings. The third kappa shape index (κ3) is 3.68. The lowest BCUT2D eigenvalue weighted by Gasteiger charge is -2.35. The van der Waals surface area contributed by atoms with Gasteiger partial charge in [0.15, 0.2) is 0 Å². The SMILES string of the molecule is Cn1cc(CN2Cc3ncn(C)c3C[C@@H]2COCc2ccncc2)cn1. The second-order valence-electron chi connectivity index (χ2n) is 6.90. The Balaban J connectivity index is 1.46. The topological polar surface area (TPSA) is 61.0 Å². The third-order valence-electron chi connectivity index (χ3n) is 4.92. The van der Waals surface area contributed by atoms with Gasteiger partial charge in [-0.25, -0.2) is 4.98 Å². The molecular formula is C19H24N6O. The monoisotopic (exact) mass is 352 g/mol. The van der Waals surface area contributed by atoms with Gasteiger partial charge in [0, 0.05) is 69.5 Å². The number of aryl methyl sites for hydroxylation is 2. The van der Waals surface area contributed by atoms with Crippen LogP contribution in [0.5, 0.6) is 0 Å². The van der Waals surface area contributed by atoms with Crippen molar-refractivity contribution in [2.75, 3.05) is 6.61 Å². The minimum atomic E-state index is 0.319. The largest absolute Gasteiger partial charge is 0.375 e. The smallest absolute Gasteiger partial charge is 0.0949 e. The summed E-state index contributed by atoms with van der Waals surface area (Å²) in [5.41, 5.74) is 4.84. The van der Waals surface area contributed by atoms with Gasteiger partial charge in [0.1, 0.15) is 0 Å². The molecule has 7 nitrogen and oxygen atoms in total. The highest BCUT2D eigenvalue weighted by atomic mass is 16.5. The zero-order valence-electron chi connectivity index (χ0n) is 15.2. The van der Waals surface area contributed by atoms with Crippen LogP contribution >= 0.6 is 0 Å². The number of aromatic nitrogens is 5. The van der Waals surface area contributed by atoms with Gasteiger partial charge in [-0.1, -0.05) is 0 Å². The fourth-order valence-electron chi connectivity index (χ4n) is 3.50. The van der Waals surface area contributed by atoms with E-state index in [2.05, 4.69) is 37.8 Å². The van der Waals surface area contributed by atoms with Crippen molar-refractivity contribution in [3.63, 3.8) is 0 Å². The number of rotatable bonds is 6. The molecule has 136 valence electrons. The normalized spacial score (nSPS) is 17.4. The minimum absolute atomic E-state index is 0.319. The van der Waals surface area contributed by atoms with Crippen LogP contribution in [-0.2, 0) is 44.9 Å². The lowest BCUT2D eigenvalue weighted by atomic mass is 10.0. The van der Waals surface area contributed by atoms with Crippen LogP contribution < -0.4 is 0 Å². The molecule has 1 atom stereocenters. The van der Waals surface area contributed by atoms with Crippen molar-refractivity contribution in [1.82, 2.24) is 29.2 Å². The lowest BCUT2D eigenvalue weighted by Crippen LogP contribution is -2.43. The van der Waals surface area contributed by atoms with Crippen LogP contribution in [0.15, 0.2) is 43.2 Å². The predicted octanol–water partition coefficient (Wildman–Crippen LogP) is 1.69. The highest BCUT2D eigenvalue weighted by molar-refractivity contribution is 5.19. The van der Waals surface area contributed by atoms with E-state index in [9.17, 15) is 0 Å². The summed E-state index contributed by atoms with van der Waals surface area (Å²) < 4.78 is 10.0. The molecule has 4 heterocycles. The first kappa shape index (κ1) is 16.9. The van der Waals surface area contributed by atoms with E-state index in [1.165, 1.54) is 17.0 Å². The van der Waals surface area contributed by atoms with Gasteiger partial charge in [0.05, 0.1) is 31.4 Å². The number of pyridine rings is 1. The zero-order chi connectivity index (χ0) is 17.9. The average molecular weight is 352 g/mol. The summed E-state index contributed by atoms with van der Waals surface area (Å²) in [5.74, 6) is 0. The Kier molecular flexibility index (Phi) is 4.81. The number of hydrogen-bond donors (Lipinski definition) is 0. The van der Waals surface area contributed by atoms with Crippen LogP contribution in [0.4, 0.5) is 0 Å². The third-order valence-corrected chi connectivity index (χ3v) is 4.92. The molecule has 0 unspecified atom stereocenters. The summed E-state index contributed by atoms with van der Waals surface area (Å²) in [4.78, 5) is 11.1. The molecule has 3 aromatic heterocycles. The molecule has 0 fully saturated rings. The first-order valence-electron chi connectivity index (χ1n) is 8.86. The summed E-state index contributed by atoms with van der Waals surface area (Å²) in [6.07, 6.45) is 10.5. The quantitative estimate of drug-likeness (QED) is 0.676. The molecule has 0 N–H and O–H groups in total. The second-order valence-corrected chi connectivity index (χ2v) is 6.90. The Labute approximate surface area is 153 Å². The van der Waals surface area contributed by atoms with Crippen LogP contribution in [0.3, 0.4) is 0 Å². The molecule has 0 aromatic carbocycles. The van der Waals surface area contributed by atoms with Crippen molar-refractivity contribution in [2.24, 2.45) is 14.1 Å². The van der Waals surface area contributed by atoms with E-state index in [0.29, 0.717) is 19.3 Å². The van der Waals surface area contributed by atoms with E-state index < -0.39 is 0 Å². The Morgan fingerprint density at radius 3 is 2.81 bits per heavy atom. The number of fused-ring (bicyclic) bond motifs is 1. The van der Waals surface area contributed by atoms with Gasteiger partial charge in [-0.05, 0) is 17.7 Å². The maximum Gasteiger partial charge on any atom is 0.0949 e. The Bertz CT molecular complexity index is 856.